The smallest absolute Gasteiger partial charge is 0.215 e. The number of nitrogens with zero attached hydrogens (tertiary/aromatic N) is 1. The fourth-order valence-electron chi connectivity index (χ4n) is 1.21. The predicted molar refractivity (Wildman–Crippen MR) is 64.7 cm³/mol. The van der Waals surface area contributed by atoms with Crippen LogP contribution in [0.15, 0.2) is 30.3 Å². The molecular formula is C12H14ClNO. The van der Waals surface area contributed by atoms with Crippen molar-refractivity contribution in [3.8, 4) is 5.88 Å². The molecule has 0 aliphatic carbocycles. The van der Waals surface area contributed by atoms with Gasteiger partial charge in [-0.2, -0.15) is 0 Å². The molecule has 2 aromatic rings. The third-order valence-corrected chi connectivity index (χ3v) is 2.16. The average molecular weight is 224 g/mol. The molecule has 80 valence electrons. The van der Waals surface area contributed by atoms with Gasteiger partial charge < -0.3 is 4.74 Å². The molecule has 0 unspecified atom stereocenters. The molecule has 0 saturated heterocycles. The molecule has 1 heterocycles. The topological polar surface area (TPSA) is 22.1 Å². The van der Waals surface area contributed by atoms with Crippen molar-refractivity contribution in [3.05, 3.63) is 35.4 Å². The van der Waals surface area contributed by atoms with Gasteiger partial charge in [-0.1, -0.05) is 43.6 Å². The maximum atomic E-state index is 6.02. The highest BCUT2D eigenvalue weighted by atomic mass is 35.5. The van der Waals surface area contributed by atoms with E-state index in [1.54, 1.807) is 13.2 Å². The summed E-state index contributed by atoms with van der Waals surface area (Å²) < 4.78 is 5.01. The van der Waals surface area contributed by atoms with E-state index in [-0.39, 0.29) is 0 Å². The van der Waals surface area contributed by atoms with Gasteiger partial charge in [0.25, 0.3) is 0 Å². The lowest BCUT2D eigenvalue weighted by Gasteiger charge is -2.02. The Morgan fingerprint density at radius 2 is 1.87 bits per heavy atom. The zero-order valence-corrected chi connectivity index (χ0v) is 9.88. The van der Waals surface area contributed by atoms with Crippen LogP contribution in [0.25, 0.3) is 10.9 Å². The van der Waals surface area contributed by atoms with Gasteiger partial charge >= 0.3 is 0 Å². The molecule has 0 N–H and O–H groups in total. The molecule has 0 aliphatic heterocycles. The number of rotatable bonds is 1. The Balaban J connectivity index is 0.000000531. The summed E-state index contributed by atoms with van der Waals surface area (Å²) in [5.74, 6) is 0.545. The van der Waals surface area contributed by atoms with Crippen LogP contribution < -0.4 is 4.74 Å². The highest BCUT2D eigenvalue weighted by Gasteiger charge is 2.02. The van der Waals surface area contributed by atoms with E-state index in [4.69, 9.17) is 16.3 Å². The van der Waals surface area contributed by atoms with Gasteiger partial charge in [0.1, 0.15) is 0 Å². The van der Waals surface area contributed by atoms with Crippen molar-refractivity contribution in [2.75, 3.05) is 7.11 Å². The summed E-state index contributed by atoms with van der Waals surface area (Å²) in [6.45, 7) is 4.00. The number of benzene rings is 1. The van der Waals surface area contributed by atoms with Crippen molar-refractivity contribution in [2.24, 2.45) is 0 Å². The number of halogens is 1. The zero-order chi connectivity index (χ0) is 11.3. The molecule has 0 spiro atoms. The van der Waals surface area contributed by atoms with Crippen LogP contribution in [0.4, 0.5) is 0 Å². The van der Waals surface area contributed by atoms with E-state index in [2.05, 4.69) is 4.98 Å². The van der Waals surface area contributed by atoms with Crippen LogP contribution in [0.3, 0.4) is 0 Å². The molecule has 2 rings (SSSR count). The van der Waals surface area contributed by atoms with Gasteiger partial charge in [0.2, 0.25) is 5.88 Å². The first-order valence-corrected chi connectivity index (χ1v) is 5.28. The van der Waals surface area contributed by atoms with Crippen molar-refractivity contribution in [3.63, 3.8) is 0 Å². The van der Waals surface area contributed by atoms with E-state index >= 15 is 0 Å². The summed E-state index contributed by atoms with van der Waals surface area (Å²) in [5.41, 5.74) is 0.854. The Morgan fingerprint density at radius 1 is 1.20 bits per heavy atom. The largest absolute Gasteiger partial charge is 0.481 e. The van der Waals surface area contributed by atoms with E-state index in [0.717, 1.165) is 10.9 Å². The molecule has 0 amide bonds. The fraction of sp³-hybridized carbons (Fsp3) is 0.250. The molecule has 0 atom stereocenters. The molecule has 1 aromatic carbocycles. The standard InChI is InChI=1S/C10H8ClNO.C2H6/c1-13-10-6-8(11)7-4-2-3-5-9(7)12-10;1-2/h2-6H,1H3;1-2H3. The number of hydrogen-bond donors (Lipinski definition) is 0. The van der Waals surface area contributed by atoms with Crippen LogP contribution in [-0.4, -0.2) is 12.1 Å². The predicted octanol–water partition coefficient (Wildman–Crippen LogP) is 3.92. The van der Waals surface area contributed by atoms with E-state index < -0.39 is 0 Å². The maximum absolute atomic E-state index is 6.02. The van der Waals surface area contributed by atoms with Crippen LogP contribution in [0.5, 0.6) is 5.88 Å². The summed E-state index contributed by atoms with van der Waals surface area (Å²) in [6.07, 6.45) is 0. The molecule has 0 saturated carbocycles. The lowest BCUT2D eigenvalue weighted by Crippen LogP contribution is -1.88. The molecule has 0 fully saturated rings. The lowest BCUT2D eigenvalue weighted by atomic mass is 10.2. The molecule has 0 bridgehead atoms. The van der Waals surface area contributed by atoms with Gasteiger partial charge in [-0.05, 0) is 6.07 Å². The van der Waals surface area contributed by atoms with Gasteiger partial charge in [-0.3, -0.25) is 0 Å². The molecule has 1 aromatic heterocycles. The number of ether oxygens (including phenoxy) is 1. The van der Waals surface area contributed by atoms with E-state index in [0.29, 0.717) is 10.9 Å². The Morgan fingerprint density at radius 3 is 2.53 bits per heavy atom. The van der Waals surface area contributed by atoms with E-state index in [9.17, 15) is 0 Å². The van der Waals surface area contributed by atoms with Crippen LogP contribution in [0, 0.1) is 0 Å². The Bertz CT molecular complexity index is 443. The molecule has 2 nitrogen and oxygen atoms in total. The number of pyridine rings is 1. The zero-order valence-electron chi connectivity index (χ0n) is 9.12. The molecule has 0 aliphatic rings. The second-order valence-corrected chi connectivity index (χ2v) is 3.07. The van der Waals surface area contributed by atoms with Gasteiger partial charge in [0.05, 0.1) is 17.6 Å². The van der Waals surface area contributed by atoms with Crippen LogP contribution >= 0.6 is 11.6 Å². The van der Waals surface area contributed by atoms with Gasteiger partial charge in [-0.15, -0.1) is 0 Å². The first kappa shape index (κ1) is 11.8. The summed E-state index contributed by atoms with van der Waals surface area (Å²) >= 11 is 6.02. The summed E-state index contributed by atoms with van der Waals surface area (Å²) in [4.78, 5) is 4.25. The van der Waals surface area contributed by atoms with Crippen LogP contribution in [0.2, 0.25) is 5.02 Å². The fourth-order valence-corrected chi connectivity index (χ4v) is 1.47. The minimum absolute atomic E-state index is 0.545. The van der Waals surface area contributed by atoms with Crippen molar-refractivity contribution >= 4 is 22.5 Å². The second kappa shape index (κ2) is 5.56. The number of para-hydroxylation sites is 1. The molecule has 3 heteroatoms. The number of fused-ring (bicyclic) bond motifs is 1. The number of hydrogen-bond acceptors (Lipinski definition) is 2. The lowest BCUT2D eigenvalue weighted by molar-refractivity contribution is 0.399. The summed E-state index contributed by atoms with van der Waals surface area (Å²) in [7, 11) is 1.58. The average Bonchev–Trinajstić information content (AvgIpc) is 2.31. The maximum Gasteiger partial charge on any atom is 0.215 e. The van der Waals surface area contributed by atoms with Crippen LogP contribution in [-0.2, 0) is 0 Å². The third kappa shape index (κ3) is 2.60. The normalized spacial score (nSPS) is 9.33. The van der Waals surface area contributed by atoms with Crippen LogP contribution in [0.1, 0.15) is 13.8 Å². The number of aromatic nitrogens is 1. The van der Waals surface area contributed by atoms with E-state index in [1.165, 1.54) is 0 Å². The summed E-state index contributed by atoms with van der Waals surface area (Å²) in [5, 5.41) is 1.62. The SMILES string of the molecule is CC.COc1cc(Cl)c2ccccc2n1. The highest BCUT2D eigenvalue weighted by Crippen LogP contribution is 2.25. The summed E-state index contributed by atoms with van der Waals surface area (Å²) in [6, 6.07) is 9.41. The Kier molecular flexibility index (Phi) is 4.37. The van der Waals surface area contributed by atoms with Gasteiger partial charge in [0.15, 0.2) is 0 Å². The quantitative estimate of drug-likeness (QED) is 0.731. The Labute approximate surface area is 94.9 Å². The minimum Gasteiger partial charge on any atom is -0.481 e. The highest BCUT2D eigenvalue weighted by molar-refractivity contribution is 6.35. The van der Waals surface area contributed by atoms with Crippen molar-refractivity contribution in [2.45, 2.75) is 13.8 Å². The second-order valence-electron chi connectivity index (χ2n) is 2.66. The monoisotopic (exact) mass is 223 g/mol. The molecule has 0 radical (unpaired) electrons. The first-order valence-electron chi connectivity index (χ1n) is 4.90. The van der Waals surface area contributed by atoms with Crippen molar-refractivity contribution in [1.29, 1.82) is 0 Å². The van der Waals surface area contributed by atoms with Gasteiger partial charge in [-0.25, -0.2) is 4.98 Å². The molecular weight excluding hydrogens is 210 g/mol. The van der Waals surface area contributed by atoms with E-state index in [1.807, 2.05) is 38.1 Å². The Hall–Kier alpha value is -1.28. The molecule has 15 heavy (non-hydrogen) atoms. The van der Waals surface area contributed by atoms with Crippen molar-refractivity contribution in [1.82, 2.24) is 4.98 Å². The van der Waals surface area contributed by atoms with Crippen molar-refractivity contribution < 1.29 is 4.74 Å². The van der Waals surface area contributed by atoms with Gasteiger partial charge in [0, 0.05) is 11.5 Å². The third-order valence-electron chi connectivity index (χ3n) is 1.85. The minimum atomic E-state index is 0.545. The first-order chi connectivity index (χ1) is 7.31. The number of methoxy groups -OCH3 is 1.